The zero-order chi connectivity index (χ0) is 52.2. The third-order valence-electron chi connectivity index (χ3n) is 12.9. The fourth-order valence-electron chi connectivity index (χ4n) is 8.52. The van der Waals surface area contributed by atoms with E-state index in [-0.39, 0.29) is 17.7 Å². The predicted molar refractivity (Wildman–Crippen MR) is 255 cm³/mol. The lowest BCUT2D eigenvalue weighted by molar-refractivity contribution is -0.140. The van der Waals surface area contributed by atoms with Gasteiger partial charge in [-0.05, 0) is 101 Å². The standard InChI is InChI=1S/C49H77N5O15/c1-27(2)11-8-12-28(3)13-9-14-29(4)15-10-25-49(7)26-24-32-41(48(67)68)42(30(5)31(6)43(32)69-49)54-47(66)36(19-23-40(61)62)53-46(65)35(18-22-39(59)60)52-45(64)34(17-21-38(57)58)51-44(63)33(50)16-20-37(55)56/h27-29,33-36H,8-26,50H2,1-7H3,(H,51,63)(H,52,64)(H,53,65)(H,54,66)(H,55,56)(H,57,58)(H,59,60)(H,61,62)(H,67,68)/t28-,29-,33?,34?,35?,36?,49-/m1/s1. The molecule has 11 N–H and O–H groups in total. The summed E-state index contributed by atoms with van der Waals surface area (Å²) in [7, 11) is 0. The van der Waals surface area contributed by atoms with E-state index in [1.54, 1.807) is 13.8 Å². The molecule has 1 aliphatic heterocycles. The first-order chi connectivity index (χ1) is 32.2. The largest absolute Gasteiger partial charge is 0.487 e. The summed E-state index contributed by atoms with van der Waals surface area (Å²) in [6.45, 7) is 14.5. The fraction of sp³-hybridized carbons (Fsp3) is 0.694. The highest BCUT2D eigenvalue weighted by atomic mass is 16.5. The number of hydrogen-bond donors (Lipinski definition) is 10. The van der Waals surface area contributed by atoms with Crippen molar-refractivity contribution in [3.8, 4) is 5.75 Å². The second-order valence-corrected chi connectivity index (χ2v) is 19.5. The Bertz CT molecular complexity index is 1990. The molecule has 0 fully saturated rings. The van der Waals surface area contributed by atoms with Crippen LogP contribution in [-0.4, -0.2) is 109 Å². The number of benzene rings is 1. The Hall–Kier alpha value is -5.79. The minimum atomic E-state index is -1.74. The molecule has 2 rings (SSSR count). The summed E-state index contributed by atoms with van der Waals surface area (Å²) in [5.74, 6) is -8.65. The number of nitrogens with one attached hydrogen (secondary N) is 4. The normalized spacial score (nSPS) is 16.9. The molecule has 7 atom stereocenters. The van der Waals surface area contributed by atoms with Gasteiger partial charge in [-0.1, -0.05) is 72.6 Å². The van der Waals surface area contributed by atoms with Gasteiger partial charge in [-0.15, -0.1) is 0 Å². The van der Waals surface area contributed by atoms with E-state index < -0.39 is 128 Å². The summed E-state index contributed by atoms with van der Waals surface area (Å²) in [5.41, 5.74) is 6.14. The van der Waals surface area contributed by atoms with Gasteiger partial charge in [0.05, 0.1) is 17.3 Å². The Kier molecular flexibility index (Phi) is 24.6. The molecule has 0 bridgehead atoms. The molecule has 0 spiro atoms. The summed E-state index contributed by atoms with van der Waals surface area (Å²) >= 11 is 0. The molecule has 1 heterocycles. The first-order valence-corrected chi connectivity index (χ1v) is 24.2. The average molecular weight is 976 g/mol. The summed E-state index contributed by atoms with van der Waals surface area (Å²) in [6.07, 6.45) is 6.39. The molecule has 1 aromatic rings. The SMILES string of the molecule is Cc1c(C)c2c(c(C(=O)O)c1NC(=O)C(CCC(=O)O)NC(=O)C(CCC(=O)O)NC(=O)C(CCC(=O)O)NC(=O)C(N)CCC(=O)O)CC[C@@](C)(CCC[C@H](C)CCC[C@H](C)CCCC(C)C)O2. The van der Waals surface area contributed by atoms with Crippen LogP contribution in [0.5, 0.6) is 5.75 Å². The van der Waals surface area contributed by atoms with Crippen LogP contribution in [0.4, 0.5) is 5.69 Å². The van der Waals surface area contributed by atoms with Crippen molar-refractivity contribution in [2.45, 2.75) is 200 Å². The lowest BCUT2D eigenvalue weighted by atomic mass is 9.83. The summed E-state index contributed by atoms with van der Waals surface area (Å²) in [4.78, 5) is 113. The van der Waals surface area contributed by atoms with Crippen LogP contribution in [0, 0.1) is 31.6 Å². The van der Waals surface area contributed by atoms with E-state index in [1.807, 2.05) is 6.92 Å². The van der Waals surface area contributed by atoms with Crippen molar-refractivity contribution in [3.63, 3.8) is 0 Å². The highest BCUT2D eigenvalue weighted by Crippen LogP contribution is 2.45. The summed E-state index contributed by atoms with van der Waals surface area (Å²) < 4.78 is 6.63. The maximum atomic E-state index is 14.1. The first-order valence-electron chi connectivity index (χ1n) is 24.2. The van der Waals surface area contributed by atoms with Gasteiger partial charge >= 0.3 is 29.8 Å². The molecule has 69 heavy (non-hydrogen) atoms. The van der Waals surface area contributed by atoms with Gasteiger partial charge in [0.25, 0.3) is 0 Å². The molecule has 0 aromatic heterocycles. The Labute approximate surface area is 404 Å². The molecule has 0 aliphatic carbocycles. The van der Waals surface area contributed by atoms with Crippen molar-refractivity contribution in [3.05, 3.63) is 22.3 Å². The van der Waals surface area contributed by atoms with Crippen LogP contribution in [0.15, 0.2) is 0 Å². The van der Waals surface area contributed by atoms with Crippen LogP contribution in [0.2, 0.25) is 0 Å². The molecule has 388 valence electrons. The Morgan fingerprint density at radius 1 is 0.580 bits per heavy atom. The number of hydrogen-bond acceptors (Lipinski definition) is 11. The number of aromatic carboxylic acids is 1. The third-order valence-corrected chi connectivity index (χ3v) is 12.9. The third kappa shape index (κ3) is 20.8. The minimum Gasteiger partial charge on any atom is -0.487 e. The van der Waals surface area contributed by atoms with Crippen LogP contribution < -0.4 is 31.7 Å². The lowest BCUT2D eigenvalue weighted by Crippen LogP contribution is -2.57. The molecule has 0 saturated carbocycles. The van der Waals surface area contributed by atoms with Gasteiger partial charge in [0, 0.05) is 31.2 Å². The van der Waals surface area contributed by atoms with Crippen molar-refractivity contribution in [2.75, 3.05) is 5.32 Å². The maximum absolute atomic E-state index is 14.1. The number of anilines is 1. The van der Waals surface area contributed by atoms with Crippen LogP contribution in [0.1, 0.15) is 177 Å². The molecule has 20 heteroatoms. The molecule has 1 aliphatic rings. The highest BCUT2D eigenvalue weighted by molar-refractivity contribution is 6.06. The second-order valence-electron chi connectivity index (χ2n) is 19.5. The molecule has 0 saturated heterocycles. The monoisotopic (exact) mass is 976 g/mol. The summed E-state index contributed by atoms with van der Waals surface area (Å²) in [6, 6.07) is -6.48. The molecular weight excluding hydrogens is 899 g/mol. The van der Waals surface area contributed by atoms with Crippen LogP contribution >= 0.6 is 0 Å². The van der Waals surface area contributed by atoms with Crippen molar-refractivity contribution in [2.24, 2.45) is 23.5 Å². The van der Waals surface area contributed by atoms with Gasteiger partial charge in [-0.2, -0.15) is 0 Å². The Morgan fingerprint density at radius 3 is 1.45 bits per heavy atom. The molecule has 1 aromatic carbocycles. The zero-order valence-corrected chi connectivity index (χ0v) is 41.4. The molecule has 4 amide bonds. The smallest absolute Gasteiger partial charge is 0.338 e. The second kappa shape index (κ2) is 28.6. The molecule has 20 nitrogen and oxygen atoms in total. The van der Waals surface area contributed by atoms with Gasteiger partial charge in [-0.3, -0.25) is 38.4 Å². The van der Waals surface area contributed by atoms with E-state index in [1.165, 1.54) is 32.1 Å². The fourth-order valence-corrected chi connectivity index (χ4v) is 8.52. The number of ether oxygens (including phenoxy) is 1. The number of nitrogens with two attached hydrogens (primary N) is 1. The van der Waals surface area contributed by atoms with Crippen LogP contribution in [0.25, 0.3) is 0 Å². The number of carbonyl (C=O) groups is 9. The molecular formula is C49H77N5O15. The first kappa shape index (κ1) is 59.3. The summed E-state index contributed by atoms with van der Waals surface area (Å²) in [5, 5.41) is 57.2. The average Bonchev–Trinajstić information content (AvgIpc) is 3.25. The van der Waals surface area contributed by atoms with Crippen molar-refractivity contribution >= 4 is 59.2 Å². The van der Waals surface area contributed by atoms with E-state index in [0.29, 0.717) is 47.1 Å². The van der Waals surface area contributed by atoms with Gasteiger partial charge in [-0.25, -0.2) is 4.79 Å². The number of aliphatic carboxylic acids is 4. The zero-order valence-electron chi connectivity index (χ0n) is 41.4. The minimum absolute atomic E-state index is 0.0945. The quantitative estimate of drug-likeness (QED) is 0.0403. The lowest BCUT2D eigenvalue weighted by Gasteiger charge is -2.38. The van der Waals surface area contributed by atoms with E-state index in [2.05, 4.69) is 49.0 Å². The van der Waals surface area contributed by atoms with E-state index >= 15 is 0 Å². The van der Waals surface area contributed by atoms with Crippen molar-refractivity contribution in [1.29, 1.82) is 0 Å². The Morgan fingerprint density at radius 2 is 1.00 bits per heavy atom. The highest BCUT2D eigenvalue weighted by Gasteiger charge is 2.38. The number of carboxylic acid groups (broad SMARTS) is 5. The number of rotatable bonds is 33. The van der Waals surface area contributed by atoms with E-state index in [4.69, 9.17) is 15.6 Å². The van der Waals surface area contributed by atoms with Crippen LogP contribution in [0.3, 0.4) is 0 Å². The number of carboxylic acids is 5. The van der Waals surface area contributed by atoms with Gasteiger partial charge in [0.2, 0.25) is 23.6 Å². The van der Waals surface area contributed by atoms with Gasteiger partial charge in [0.15, 0.2) is 0 Å². The van der Waals surface area contributed by atoms with Crippen molar-refractivity contribution < 1.29 is 73.4 Å². The number of carbonyl (C=O) groups excluding carboxylic acids is 4. The number of fused-ring (bicyclic) bond motifs is 1. The van der Waals surface area contributed by atoms with E-state index in [9.17, 15) is 63.6 Å². The van der Waals surface area contributed by atoms with Gasteiger partial charge in [0.1, 0.15) is 29.5 Å². The number of amides is 4. The van der Waals surface area contributed by atoms with Gasteiger partial charge < -0.3 is 57.3 Å². The van der Waals surface area contributed by atoms with Crippen molar-refractivity contribution in [1.82, 2.24) is 16.0 Å². The van der Waals surface area contributed by atoms with Crippen LogP contribution in [-0.2, 0) is 44.8 Å². The van der Waals surface area contributed by atoms with E-state index in [0.717, 1.165) is 31.6 Å². The molecule has 0 radical (unpaired) electrons. The topological polar surface area (TPSA) is 338 Å². The maximum Gasteiger partial charge on any atom is 0.338 e. The Balaban J connectivity index is 2.32. The molecule has 4 unspecified atom stereocenters. The predicted octanol–water partition coefficient (Wildman–Crippen LogP) is 5.70.